The SMILES string of the molecule is CC(C)(C)OC(=O)N1CCC[C@@H](CO[C@H](CCC#N)c2cccc(Cl)c2)C1. The van der Waals surface area contributed by atoms with Crippen molar-refractivity contribution < 1.29 is 14.3 Å². The number of rotatable bonds is 6. The van der Waals surface area contributed by atoms with Gasteiger partial charge in [-0.3, -0.25) is 0 Å². The maximum Gasteiger partial charge on any atom is 0.410 e. The van der Waals surface area contributed by atoms with Crippen LogP contribution in [0.2, 0.25) is 5.02 Å². The van der Waals surface area contributed by atoms with E-state index in [1.165, 1.54) is 0 Å². The maximum atomic E-state index is 12.3. The zero-order valence-electron chi connectivity index (χ0n) is 16.4. The van der Waals surface area contributed by atoms with E-state index >= 15 is 0 Å². The van der Waals surface area contributed by atoms with E-state index in [2.05, 4.69) is 6.07 Å². The first-order valence-corrected chi connectivity index (χ1v) is 9.88. The van der Waals surface area contributed by atoms with Crippen LogP contribution in [0.25, 0.3) is 0 Å². The highest BCUT2D eigenvalue weighted by atomic mass is 35.5. The fraction of sp³-hybridized carbons (Fsp3) is 0.619. The smallest absolute Gasteiger partial charge is 0.410 e. The Morgan fingerprint density at radius 2 is 2.22 bits per heavy atom. The fourth-order valence-electron chi connectivity index (χ4n) is 3.19. The van der Waals surface area contributed by atoms with Gasteiger partial charge >= 0.3 is 6.09 Å². The number of ether oxygens (including phenoxy) is 2. The molecule has 5 nitrogen and oxygen atoms in total. The number of hydrogen-bond donors (Lipinski definition) is 0. The molecule has 1 aromatic carbocycles. The predicted octanol–water partition coefficient (Wildman–Crippen LogP) is 5.35. The molecular weight excluding hydrogens is 364 g/mol. The molecule has 0 radical (unpaired) electrons. The van der Waals surface area contributed by atoms with E-state index in [0.29, 0.717) is 31.0 Å². The second-order valence-electron chi connectivity index (χ2n) is 8.01. The summed E-state index contributed by atoms with van der Waals surface area (Å²) in [6, 6.07) is 9.76. The van der Waals surface area contributed by atoms with Crippen LogP contribution in [0, 0.1) is 17.2 Å². The molecule has 0 bridgehead atoms. The van der Waals surface area contributed by atoms with Crippen molar-refractivity contribution >= 4 is 17.7 Å². The highest BCUT2D eigenvalue weighted by Crippen LogP contribution is 2.27. The summed E-state index contributed by atoms with van der Waals surface area (Å²) in [5.74, 6) is 0.259. The molecule has 0 N–H and O–H groups in total. The lowest BCUT2D eigenvalue weighted by Gasteiger charge is -2.34. The molecule has 2 rings (SSSR count). The van der Waals surface area contributed by atoms with E-state index in [0.717, 1.165) is 24.9 Å². The molecule has 148 valence electrons. The van der Waals surface area contributed by atoms with Gasteiger partial charge in [0.25, 0.3) is 0 Å². The first-order chi connectivity index (χ1) is 12.8. The zero-order chi connectivity index (χ0) is 19.9. The van der Waals surface area contributed by atoms with Crippen LogP contribution in [0.15, 0.2) is 24.3 Å². The fourth-order valence-corrected chi connectivity index (χ4v) is 3.39. The summed E-state index contributed by atoms with van der Waals surface area (Å²) in [4.78, 5) is 14.1. The van der Waals surface area contributed by atoms with Crippen LogP contribution < -0.4 is 0 Å². The Hall–Kier alpha value is -1.77. The first-order valence-electron chi connectivity index (χ1n) is 9.50. The summed E-state index contributed by atoms with van der Waals surface area (Å²) in [7, 11) is 0. The standard InChI is InChI=1S/C21H29ClN2O3/c1-21(2,3)27-20(25)24-12-6-7-16(14-24)15-26-19(10-5-11-23)17-8-4-9-18(22)13-17/h4,8-9,13,16,19H,5-7,10,12,14-15H2,1-3H3/t16-,19-/m1/s1. The van der Waals surface area contributed by atoms with E-state index in [4.69, 9.17) is 26.3 Å². The van der Waals surface area contributed by atoms with E-state index in [1.54, 1.807) is 4.90 Å². The van der Waals surface area contributed by atoms with Crippen LogP contribution in [-0.2, 0) is 9.47 Å². The van der Waals surface area contributed by atoms with Crippen molar-refractivity contribution in [1.82, 2.24) is 4.90 Å². The number of likely N-dealkylation sites (tertiary alicyclic amines) is 1. The van der Waals surface area contributed by atoms with Crippen LogP contribution in [0.4, 0.5) is 4.79 Å². The van der Waals surface area contributed by atoms with Gasteiger partial charge in [0.05, 0.1) is 18.8 Å². The molecule has 0 aliphatic carbocycles. The Labute approximate surface area is 167 Å². The summed E-state index contributed by atoms with van der Waals surface area (Å²) < 4.78 is 11.6. The largest absolute Gasteiger partial charge is 0.444 e. The molecule has 27 heavy (non-hydrogen) atoms. The monoisotopic (exact) mass is 392 g/mol. The number of benzene rings is 1. The second kappa shape index (κ2) is 9.96. The number of amides is 1. The molecule has 0 unspecified atom stereocenters. The lowest BCUT2D eigenvalue weighted by molar-refractivity contribution is -0.00970. The van der Waals surface area contributed by atoms with Crippen LogP contribution in [-0.4, -0.2) is 36.3 Å². The second-order valence-corrected chi connectivity index (χ2v) is 8.44. The van der Waals surface area contributed by atoms with E-state index in [9.17, 15) is 4.79 Å². The normalized spacial score (nSPS) is 18.6. The Morgan fingerprint density at radius 1 is 1.44 bits per heavy atom. The third-order valence-corrected chi connectivity index (χ3v) is 4.68. The van der Waals surface area contributed by atoms with Crippen LogP contribution >= 0.6 is 11.6 Å². The minimum Gasteiger partial charge on any atom is -0.444 e. The van der Waals surface area contributed by atoms with Gasteiger partial charge in [-0.15, -0.1) is 0 Å². The van der Waals surface area contributed by atoms with Crippen molar-refractivity contribution in [3.8, 4) is 6.07 Å². The Morgan fingerprint density at radius 3 is 2.89 bits per heavy atom. The van der Waals surface area contributed by atoms with E-state index in [-0.39, 0.29) is 18.1 Å². The van der Waals surface area contributed by atoms with Gasteiger partial charge in [-0.2, -0.15) is 5.26 Å². The Balaban J connectivity index is 1.93. The number of nitriles is 1. The number of hydrogen-bond acceptors (Lipinski definition) is 4. The molecule has 1 aromatic rings. The van der Waals surface area contributed by atoms with E-state index < -0.39 is 5.60 Å². The maximum absolute atomic E-state index is 12.3. The number of piperidine rings is 1. The third-order valence-electron chi connectivity index (χ3n) is 4.44. The van der Waals surface area contributed by atoms with Gasteiger partial charge in [-0.1, -0.05) is 23.7 Å². The Bertz CT molecular complexity index is 666. The summed E-state index contributed by atoms with van der Waals surface area (Å²) in [5.41, 5.74) is 0.493. The topological polar surface area (TPSA) is 62.6 Å². The molecule has 0 spiro atoms. The molecule has 1 aliphatic heterocycles. The highest BCUT2D eigenvalue weighted by molar-refractivity contribution is 6.30. The van der Waals surface area contributed by atoms with Crippen molar-refractivity contribution in [1.29, 1.82) is 5.26 Å². The third kappa shape index (κ3) is 7.40. The number of carbonyl (C=O) groups excluding carboxylic acids is 1. The quantitative estimate of drug-likeness (QED) is 0.654. The lowest BCUT2D eigenvalue weighted by Crippen LogP contribution is -2.43. The number of carbonyl (C=O) groups is 1. The molecule has 0 saturated carbocycles. The van der Waals surface area contributed by atoms with Gasteiger partial charge in [0.1, 0.15) is 5.60 Å². The molecular formula is C21H29ClN2O3. The van der Waals surface area contributed by atoms with Gasteiger partial charge in [-0.25, -0.2) is 4.79 Å². The molecule has 2 atom stereocenters. The van der Waals surface area contributed by atoms with Gasteiger partial charge in [-0.05, 0) is 57.7 Å². The van der Waals surface area contributed by atoms with Crippen molar-refractivity contribution in [3.05, 3.63) is 34.9 Å². The molecule has 1 amide bonds. The van der Waals surface area contributed by atoms with Crippen molar-refractivity contribution in [2.45, 2.75) is 58.2 Å². The van der Waals surface area contributed by atoms with Crippen LogP contribution in [0.3, 0.4) is 0 Å². The minimum absolute atomic E-state index is 0.166. The Kier molecular flexibility index (Phi) is 7.94. The average Bonchev–Trinajstić information content (AvgIpc) is 2.60. The molecule has 1 fully saturated rings. The molecule has 0 aromatic heterocycles. The average molecular weight is 393 g/mol. The summed E-state index contributed by atoms with van der Waals surface area (Å²) >= 11 is 6.10. The minimum atomic E-state index is -0.491. The van der Waals surface area contributed by atoms with Gasteiger partial charge in [0, 0.05) is 30.5 Å². The zero-order valence-corrected chi connectivity index (χ0v) is 17.2. The first kappa shape index (κ1) is 21.5. The van der Waals surface area contributed by atoms with Gasteiger partial charge in [0.15, 0.2) is 0 Å². The highest BCUT2D eigenvalue weighted by Gasteiger charge is 2.28. The van der Waals surface area contributed by atoms with Crippen LogP contribution in [0.5, 0.6) is 0 Å². The molecule has 1 heterocycles. The van der Waals surface area contributed by atoms with Gasteiger partial charge in [0.2, 0.25) is 0 Å². The van der Waals surface area contributed by atoms with E-state index in [1.807, 2.05) is 45.0 Å². The predicted molar refractivity (Wildman–Crippen MR) is 106 cm³/mol. The molecule has 1 aliphatic rings. The van der Waals surface area contributed by atoms with Gasteiger partial charge < -0.3 is 14.4 Å². The van der Waals surface area contributed by atoms with Crippen molar-refractivity contribution in [2.75, 3.05) is 19.7 Å². The summed E-state index contributed by atoms with van der Waals surface area (Å²) in [5, 5.41) is 9.59. The summed E-state index contributed by atoms with van der Waals surface area (Å²) in [6.07, 6.45) is 2.57. The number of halogens is 1. The lowest BCUT2D eigenvalue weighted by atomic mass is 9.98. The van der Waals surface area contributed by atoms with Crippen molar-refractivity contribution in [3.63, 3.8) is 0 Å². The van der Waals surface area contributed by atoms with Crippen molar-refractivity contribution in [2.24, 2.45) is 5.92 Å². The molecule has 6 heteroatoms. The molecule has 1 saturated heterocycles. The van der Waals surface area contributed by atoms with Crippen LogP contribution in [0.1, 0.15) is 58.1 Å². The number of nitrogens with zero attached hydrogens (tertiary/aromatic N) is 2. The summed E-state index contributed by atoms with van der Waals surface area (Å²) in [6.45, 7) is 7.52.